The molecule has 0 aliphatic carbocycles. The van der Waals surface area contributed by atoms with Crippen molar-refractivity contribution < 1.29 is 19.4 Å². The molecule has 7 nitrogen and oxygen atoms in total. The summed E-state index contributed by atoms with van der Waals surface area (Å²) in [6.07, 6.45) is 3.17. The van der Waals surface area contributed by atoms with Gasteiger partial charge in [0.25, 0.3) is 5.91 Å². The number of anilines is 1. The fourth-order valence-electron chi connectivity index (χ4n) is 2.29. The topological polar surface area (TPSA) is 84.7 Å². The maximum absolute atomic E-state index is 12.5. The number of aromatic carboxylic acids is 1. The molecule has 0 saturated carbocycles. The Hall–Kier alpha value is -2.83. The van der Waals surface area contributed by atoms with E-state index in [4.69, 9.17) is 4.74 Å². The molecule has 1 amide bonds. The van der Waals surface area contributed by atoms with Crippen molar-refractivity contribution in [3.8, 4) is 5.75 Å². The van der Waals surface area contributed by atoms with Gasteiger partial charge in [-0.1, -0.05) is 6.07 Å². The summed E-state index contributed by atoms with van der Waals surface area (Å²) in [6.45, 7) is 0.599. The summed E-state index contributed by atoms with van der Waals surface area (Å²) in [5.41, 5.74) is 0.814. The average molecular weight is 287 g/mol. The number of amides is 1. The molecular weight excluding hydrogens is 274 g/mol. The zero-order valence-corrected chi connectivity index (χ0v) is 11.3. The van der Waals surface area contributed by atoms with Gasteiger partial charge in [-0.05, 0) is 12.1 Å². The molecule has 0 unspecified atom stereocenters. The first kappa shape index (κ1) is 13.2. The Labute approximate surface area is 120 Å². The number of aryl methyl sites for hydroxylation is 1. The van der Waals surface area contributed by atoms with Gasteiger partial charge >= 0.3 is 5.97 Å². The van der Waals surface area contributed by atoms with Crippen LogP contribution in [0.1, 0.15) is 20.8 Å². The van der Waals surface area contributed by atoms with Crippen LogP contribution in [0.4, 0.5) is 5.69 Å². The molecule has 3 rings (SSSR count). The van der Waals surface area contributed by atoms with E-state index in [0.29, 0.717) is 17.9 Å². The summed E-state index contributed by atoms with van der Waals surface area (Å²) >= 11 is 0. The van der Waals surface area contributed by atoms with Crippen LogP contribution < -0.4 is 9.64 Å². The monoisotopic (exact) mass is 287 g/mol. The molecule has 0 bridgehead atoms. The molecule has 1 aliphatic rings. The van der Waals surface area contributed by atoms with Crippen molar-refractivity contribution in [2.45, 2.75) is 0 Å². The van der Waals surface area contributed by atoms with Gasteiger partial charge in [0.05, 0.1) is 18.6 Å². The Morgan fingerprint density at radius 3 is 2.86 bits per heavy atom. The fraction of sp³-hybridized carbons (Fsp3) is 0.214. The number of carboxylic acids is 1. The molecule has 1 aliphatic heterocycles. The second-order valence-corrected chi connectivity index (χ2v) is 4.69. The highest BCUT2D eigenvalue weighted by Crippen LogP contribution is 2.35. The van der Waals surface area contributed by atoms with Gasteiger partial charge in [-0.3, -0.25) is 4.79 Å². The third kappa shape index (κ3) is 2.22. The minimum atomic E-state index is -1.08. The lowest BCUT2D eigenvalue weighted by atomic mass is 10.1. The quantitative estimate of drug-likeness (QED) is 0.895. The molecule has 1 aromatic carbocycles. The predicted octanol–water partition coefficient (Wildman–Crippen LogP) is 1.16. The number of carbonyl (C=O) groups is 2. The highest BCUT2D eigenvalue weighted by Gasteiger charge is 2.29. The molecule has 1 N–H and O–H groups in total. The molecule has 0 fully saturated rings. The van der Waals surface area contributed by atoms with E-state index in [1.165, 1.54) is 11.0 Å². The number of rotatable bonds is 2. The van der Waals surface area contributed by atoms with Crippen LogP contribution in [0, 0.1) is 0 Å². The van der Waals surface area contributed by atoms with E-state index >= 15 is 0 Å². The van der Waals surface area contributed by atoms with Gasteiger partial charge in [0.2, 0.25) is 0 Å². The van der Waals surface area contributed by atoms with Crippen molar-refractivity contribution in [3.63, 3.8) is 0 Å². The number of benzene rings is 1. The number of imidazole rings is 1. The van der Waals surface area contributed by atoms with Crippen LogP contribution in [0.25, 0.3) is 0 Å². The van der Waals surface area contributed by atoms with Crippen molar-refractivity contribution in [2.75, 3.05) is 18.1 Å². The molecule has 0 atom stereocenters. The van der Waals surface area contributed by atoms with Crippen molar-refractivity contribution in [1.82, 2.24) is 9.55 Å². The van der Waals surface area contributed by atoms with Crippen molar-refractivity contribution >= 4 is 17.6 Å². The lowest BCUT2D eigenvalue weighted by Gasteiger charge is -2.29. The predicted molar refractivity (Wildman–Crippen MR) is 73.8 cm³/mol. The maximum atomic E-state index is 12.5. The number of carboxylic acid groups (broad SMARTS) is 1. The van der Waals surface area contributed by atoms with E-state index < -0.39 is 5.97 Å². The molecule has 7 heteroatoms. The van der Waals surface area contributed by atoms with Crippen LogP contribution in [-0.2, 0) is 7.05 Å². The molecule has 0 spiro atoms. The SMILES string of the molecule is Cn1cnc(C(=O)N2CCOc3c(C(=O)O)cccc32)c1. The number of hydrogen-bond donors (Lipinski definition) is 1. The second kappa shape index (κ2) is 4.93. The van der Waals surface area contributed by atoms with Crippen molar-refractivity contribution in [1.29, 1.82) is 0 Å². The van der Waals surface area contributed by atoms with Crippen molar-refractivity contribution in [2.24, 2.45) is 7.05 Å². The third-order valence-corrected chi connectivity index (χ3v) is 3.25. The number of carbonyl (C=O) groups excluding carboxylic acids is 1. The number of nitrogens with zero attached hydrogens (tertiary/aromatic N) is 3. The van der Waals surface area contributed by atoms with Gasteiger partial charge in [0.15, 0.2) is 5.75 Å². The number of para-hydroxylation sites is 1. The number of hydrogen-bond acceptors (Lipinski definition) is 4. The third-order valence-electron chi connectivity index (χ3n) is 3.25. The molecule has 21 heavy (non-hydrogen) atoms. The van der Waals surface area contributed by atoms with Crippen LogP contribution in [0.2, 0.25) is 0 Å². The minimum Gasteiger partial charge on any atom is -0.489 e. The summed E-state index contributed by atoms with van der Waals surface area (Å²) in [4.78, 5) is 29.3. The van der Waals surface area contributed by atoms with Crippen LogP contribution in [0.15, 0.2) is 30.7 Å². The van der Waals surface area contributed by atoms with Crippen LogP contribution >= 0.6 is 0 Å². The van der Waals surface area contributed by atoms with Crippen LogP contribution in [0.5, 0.6) is 5.75 Å². The summed E-state index contributed by atoms with van der Waals surface area (Å²) in [6, 6.07) is 4.72. The Morgan fingerprint density at radius 1 is 1.38 bits per heavy atom. The number of fused-ring (bicyclic) bond motifs is 1. The average Bonchev–Trinajstić information content (AvgIpc) is 2.91. The van der Waals surface area contributed by atoms with Crippen molar-refractivity contribution in [3.05, 3.63) is 42.0 Å². The van der Waals surface area contributed by atoms with E-state index in [9.17, 15) is 14.7 Å². The minimum absolute atomic E-state index is 0.0472. The Balaban J connectivity index is 2.03. The smallest absolute Gasteiger partial charge is 0.339 e. The molecule has 108 valence electrons. The lowest BCUT2D eigenvalue weighted by molar-refractivity contribution is 0.0690. The van der Waals surface area contributed by atoms with Gasteiger partial charge in [0, 0.05) is 13.2 Å². The fourth-order valence-corrected chi connectivity index (χ4v) is 2.29. The first-order valence-electron chi connectivity index (χ1n) is 6.37. The second-order valence-electron chi connectivity index (χ2n) is 4.69. The normalized spacial score (nSPS) is 13.5. The van der Waals surface area contributed by atoms with Gasteiger partial charge in [-0.25, -0.2) is 9.78 Å². The Kier molecular flexibility index (Phi) is 3.09. The van der Waals surface area contributed by atoms with Gasteiger partial charge in [-0.15, -0.1) is 0 Å². The summed E-state index contributed by atoms with van der Waals surface area (Å²) in [5, 5.41) is 9.19. The largest absolute Gasteiger partial charge is 0.489 e. The molecule has 0 saturated heterocycles. The first-order valence-corrected chi connectivity index (χ1v) is 6.37. The van der Waals surface area contributed by atoms with Crippen LogP contribution in [0.3, 0.4) is 0 Å². The van der Waals surface area contributed by atoms with E-state index in [0.717, 1.165) is 0 Å². The van der Waals surface area contributed by atoms with Gasteiger partial charge in [0.1, 0.15) is 17.9 Å². The van der Waals surface area contributed by atoms with E-state index in [1.807, 2.05) is 0 Å². The molecule has 0 radical (unpaired) electrons. The van der Waals surface area contributed by atoms with Crippen LogP contribution in [-0.4, -0.2) is 39.7 Å². The van der Waals surface area contributed by atoms with Gasteiger partial charge in [-0.2, -0.15) is 0 Å². The summed E-state index contributed by atoms with van der Waals surface area (Å²) in [7, 11) is 1.78. The summed E-state index contributed by atoms with van der Waals surface area (Å²) < 4.78 is 7.12. The van der Waals surface area contributed by atoms with Gasteiger partial charge < -0.3 is 19.3 Å². The zero-order chi connectivity index (χ0) is 15.0. The van der Waals surface area contributed by atoms with E-state index in [1.54, 1.807) is 36.3 Å². The van der Waals surface area contributed by atoms with E-state index in [-0.39, 0.29) is 23.8 Å². The zero-order valence-electron chi connectivity index (χ0n) is 11.3. The maximum Gasteiger partial charge on any atom is 0.339 e. The highest BCUT2D eigenvalue weighted by molar-refractivity contribution is 6.07. The Morgan fingerprint density at radius 2 is 2.19 bits per heavy atom. The molecule has 1 aromatic heterocycles. The standard InChI is InChI=1S/C14H13N3O4/c1-16-7-10(15-8-16)13(18)17-5-6-21-12-9(14(19)20)3-2-4-11(12)17/h2-4,7-8H,5-6H2,1H3,(H,19,20). The molecule has 2 heterocycles. The number of aromatic nitrogens is 2. The first-order chi connectivity index (χ1) is 10.1. The Bertz CT molecular complexity index is 723. The van der Waals surface area contributed by atoms with E-state index in [2.05, 4.69) is 4.98 Å². The summed E-state index contributed by atoms with van der Waals surface area (Å²) in [5.74, 6) is -1.14. The highest BCUT2D eigenvalue weighted by atomic mass is 16.5. The number of ether oxygens (including phenoxy) is 1. The molecular formula is C14H13N3O4. The molecule has 2 aromatic rings. The lowest BCUT2D eigenvalue weighted by Crippen LogP contribution is -2.38.